The lowest BCUT2D eigenvalue weighted by Gasteiger charge is -2.03. The van der Waals surface area contributed by atoms with Crippen molar-refractivity contribution in [3.05, 3.63) is 12.2 Å². The Labute approximate surface area is 175 Å². The maximum Gasteiger partial charge on any atom is 0.365 e. The second-order valence-electron chi connectivity index (χ2n) is 7.18. The van der Waals surface area contributed by atoms with E-state index in [4.69, 9.17) is 15.5 Å². The van der Waals surface area contributed by atoms with Gasteiger partial charge in [-0.3, -0.25) is 9.68 Å². The molecule has 170 valence electrons. The topological polar surface area (TPSA) is 121 Å². The Balaban J connectivity index is 0. The van der Waals surface area contributed by atoms with E-state index >= 15 is 0 Å². The first-order valence-corrected chi connectivity index (χ1v) is 10.9. The van der Waals surface area contributed by atoms with Crippen molar-refractivity contribution in [3.63, 3.8) is 0 Å². The van der Waals surface area contributed by atoms with Gasteiger partial charge in [-0.2, -0.15) is 5.26 Å². The lowest BCUT2D eigenvalue weighted by molar-refractivity contribution is -0.228. The molecule has 0 aromatic heterocycles. The molecule has 0 aliphatic carbocycles. The van der Waals surface area contributed by atoms with Crippen LogP contribution in [0.4, 0.5) is 0 Å². The second kappa shape index (κ2) is 24.1. The first-order chi connectivity index (χ1) is 13.9. The van der Waals surface area contributed by atoms with E-state index in [0.717, 1.165) is 12.8 Å². The summed E-state index contributed by atoms with van der Waals surface area (Å²) in [4.78, 5) is 33.0. The maximum absolute atomic E-state index is 10.3. The summed E-state index contributed by atoms with van der Waals surface area (Å²) < 4.78 is 0. The van der Waals surface area contributed by atoms with Crippen LogP contribution in [-0.2, 0) is 19.3 Å². The summed E-state index contributed by atoms with van der Waals surface area (Å²) in [7, 11) is 0. The number of unbranched alkanes of at least 4 members (excludes halogenated alkanes) is 14. The van der Waals surface area contributed by atoms with Crippen LogP contribution in [0.5, 0.6) is 0 Å². The molecule has 0 amide bonds. The summed E-state index contributed by atoms with van der Waals surface area (Å²) in [5.74, 6) is -3.04. The Morgan fingerprint density at radius 3 is 1.34 bits per heavy atom. The maximum atomic E-state index is 10.3. The van der Waals surface area contributed by atoms with E-state index in [1.807, 2.05) is 0 Å². The number of hydrogen-bond acceptors (Lipinski definition) is 5. The summed E-state index contributed by atoms with van der Waals surface area (Å²) in [5, 5.41) is 24.0. The molecule has 0 aliphatic rings. The average molecular weight is 417 g/mol. The van der Waals surface area contributed by atoms with E-state index in [2.05, 4.69) is 11.8 Å². The SMILES string of the molecule is CCCCCCCCCCCCCCCCCC(=O)O.O=C(O)/C=C\C(=O)OO. The van der Waals surface area contributed by atoms with Crippen molar-refractivity contribution in [3.8, 4) is 0 Å². The fourth-order valence-electron chi connectivity index (χ4n) is 2.82. The standard InChI is InChI=1S/C18H36O2.C4H4O5/c1-2-3-4-5-6-7-8-9-10-11-12-13-14-15-16-17-18(19)20;5-3(6)1-2-4(7)9-8/h2-17H2,1H3,(H,19,20);1-2,8H,(H,5,6)/b;2-1-. The van der Waals surface area contributed by atoms with E-state index in [9.17, 15) is 14.4 Å². The quantitative estimate of drug-likeness (QED) is 0.109. The van der Waals surface area contributed by atoms with Crippen molar-refractivity contribution < 1.29 is 34.7 Å². The summed E-state index contributed by atoms with van der Waals surface area (Å²) >= 11 is 0. The van der Waals surface area contributed by atoms with Crippen molar-refractivity contribution >= 4 is 17.9 Å². The summed E-state index contributed by atoms with van der Waals surface area (Å²) in [6.07, 6.45) is 21.3. The number of carbonyl (C=O) groups excluding carboxylic acids is 1. The molecule has 0 rings (SSSR count). The third-order valence-electron chi connectivity index (χ3n) is 4.45. The van der Waals surface area contributed by atoms with Gasteiger partial charge in [0.05, 0.1) is 0 Å². The number of rotatable bonds is 18. The van der Waals surface area contributed by atoms with E-state index in [-0.39, 0.29) is 0 Å². The first-order valence-electron chi connectivity index (χ1n) is 10.9. The molecule has 0 aliphatic heterocycles. The number of hydrogen-bond donors (Lipinski definition) is 3. The van der Waals surface area contributed by atoms with E-state index in [1.54, 1.807) is 0 Å². The largest absolute Gasteiger partial charge is 0.481 e. The van der Waals surface area contributed by atoms with Crippen LogP contribution in [0.3, 0.4) is 0 Å². The minimum absolute atomic E-state index is 0.345. The highest BCUT2D eigenvalue weighted by atomic mass is 17.1. The fourth-order valence-corrected chi connectivity index (χ4v) is 2.82. The van der Waals surface area contributed by atoms with Crippen LogP contribution in [0.15, 0.2) is 12.2 Å². The molecule has 29 heavy (non-hydrogen) atoms. The Hall–Kier alpha value is -1.89. The van der Waals surface area contributed by atoms with Crippen LogP contribution >= 0.6 is 0 Å². The van der Waals surface area contributed by atoms with Gasteiger partial charge in [-0.25, -0.2) is 9.59 Å². The lowest BCUT2D eigenvalue weighted by atomic mass is 10.0. The number of aliphatic carboxylic acids is 2. The monoisotopic (exact) mass is 416 g/mol. The van der Waals surface area contributed by atoms with Gasteiger partial charge in [-0.05, 0) is 6.42 Å². The molecule has 0 fully saturated rings. The van der Waals surface area contributed by atoms with Crippen LogP contribution in [0.1, 0.15) is 110 Å². The van der Waals surface area contributed by atoms with Gasteiger partial charge >= 0.3 is 17.9 Å². The van der Waals surface area contributed by atoms with Gasteiger partial charge in [0.1, 0.15) is 0 Å². The highest BCUT2D eigenvalue weighted by molar-refractivity contribution is 5.90. The predicted molar refractivity (Wildman–Crippen MR) is 113 cm³/mol. The smallest absolute Gasteiger partial charge is 0.365 e. The van der Waals surface area contributed by atoms with Crippen LogP contribution in [0, 0.1) is 0 Å². The zero-order valence-corrected chi connectivity index (χ0v) is 17.9. The minimum Gasteiger partial charge on any atom is -0.481 e. The van der Waals surface area contributed by atoms with Gasteiger partial charge in [-0.1, -0.05) is 96.8 Å². The molecule has 0 spiro atoms. The number of carboxylic acid groups (broad SMARTS) is 2. The van der Waals surface area contributed by atoms with Gasteiger partial charge in [0, 0.05) is 18.6 Å². The predicted octanol–water partition coefficient (Wildman–Crippen LogP) is 5.98. The fraction of sp³-hybridized carbons (Fsp3) is 0.773. The molecule has 0 aromatic rings. The molecule has 0 radical (unpaired) electrons. The normalized spacial score (nSPS) is 10.4. The summed E-state index contributed by atoms with van der Waals surface area (Å²) in [5.41, 5.74) is 0. The zero-order valence-electron chi connectivity index (χ0n) is 17.9. The van der Waals surface area contributed by atoms with Crippen molar-refractivity contribution in [2.24, 2.45) is 0 Å². The van der Waals surface area contributed by atoms with Gasteiger partial charge in [0.2, 0.25) is 0 Å². The Bertz CT molecular complexity index is 433. The highest BCUT2D eigenvalue weighted by Gasteiger charge is 1.97. The molecule has 0 saturated carbocycles. The second-order valence-corrected chi connectivity index (χ2v) is 7.18. The van der Waals surface area contributed by atoms with Crippen molar-refractivity contribution in [2.75, 3.05) is 0 Å². The van der Waals surface area contributed by atoms with E-state index in [0.29, 0.717) is 18.6 Å². The summed E-state index contributed by atoms with van der Waals surface area (Å²) in [6, 6.07) is 0. The molecule has 7 nitrogen and oxygen atoms in total. The molecule has 3 N–H and O–H groups in total. The van der Waals surface area contributed by atoms with Gasteiger partial charge < -0.3 is 10.2 Å². The molecular weight excluding hydrogens is 376 g/mol. The Kier molecular flexibility index (Phi) is 24.4. The van der Waals surface area contributed by atoms with Crippen molar-refractivity contribution in [1.82, 2.24) is 0 Å². The molecule has 0 aromatic carbocycles. The Morgan fingerprint density at radius 2 is 1.03 bits per heavy atom. The minimum atomic E-state index is -1.28. The molecule has 7 heteroatoms. The van der Waals surface area contributed by atoms with Crippen LogP contribution in [0.25, 0.3) is 0 Å². The molecule has 0 unspecified atom stereocenters. The third-order valence-corrected chi connectivity index (χ3v) is 4.45. The van der Waals surface area contributed by atoms with Crippen LogP contribution in [-0.4, -0.2) is 33.4 Å². The number of carboxylic acids is 2. The summed E-state index contributed by atoms with van der Waals surface area (Å²) in [6.45, 7) is 2.27. The van der Waals surface area contributed by atoms with Gasteiger partial charge in [0.25, 0.3) is 0 Å². The molecular formula is C22H40O7. The van der Waals surface area contributed by atoms with Gasteiger partial charge in [0.15, 0.2) is 0 Å². The lowest BCUT2D eigenvalue weighted by Crippen LogP contribution is -1.96. The van der Waals surface area contributed by atoms with E-state index < -0.39 is 17.9 Å². The highest BCUT2D eigenvalue weighted by Crippen LogP contribution is 2.13. The molecule has 0 bridgehead atoms. The third kappa shape index (κ3) is 31.0. The zero-order chi connectivity index (χ0) is 22.2. The number of carbonyl (C=O) groups is 3. The van der Waals surface area contributed by atoms with Gasteiger partial charge in [-0.15, -0.1) is 0 Å². The molecule has 0 atom stereocenters. The van der Waals surface area contributed by atoms with Crippen molar-refractivity contribution in [1.29, 1.82) is 0 Å². The van der Waals surface area contributed by atoms with Crippen LogP contribution in [0.2, 0.25) is 0 Å². The first kappa shape index (κ1) is 29.3. The van der Waals surface area contributed by atoms with Crippen LogP contribution < -0.4 is 0 Å². The molecule has 0 heterocycles. The van der Waals surface area contributed by atoms with Crippen molar-refractivity contribution in [2.45, 2.75) is 110 Å². The Morgan fingerprint density at radius 1 is 0.655 bits per heavy atom. The molecule has 0 saturated heterocycles. The average Bonchev–Trinajstić information content (AvgIpc) is 2.69. The van der Waals surface area contributed by atoms with E-state index in [1.165, 1.54) is 83.5 Å².